The number of hydrogen-bond acceptors (Lipinski definition) is 3. The van der Waals surface area contributed by atoms with Crippen LogP contribution in [-0.2, 0) is 12.8 Å². The van der Waals surface area contributed by atoms with Crippen LogP contribution in [0.3, 0.4) is 0 Å². The van der Waals surface area contributed by atoms with Crippen LogP contribution in [-0.4, -0.2) is 27.1 Å². The molecule has 1 rings (SSSR count). The number of rotatable bonds is 3. The SMILES string of the molecule is CSCc1cnn(C)c1C(=O)O. The zero-order valence-electron chi connectivity index (χ0n) is 6.94. The van der Waals surface area contributed by atoms with E-state index in [0.29, 0.717) is 5.75 Å². The van der Waals surface area contributed by atoms with Gasteiger partial charge in [-0.2, -0.15) is 16.9 Å². The van der Waals surface area contributed by atoms with Crippen LogP contribution in [0.1, 0.15) is 16.1 Å². The smallest absolute Gasteiger partial charge is 0.354 e. The topological polar surface area (TPSA) is 55.1 Å². The Balaban J connectivity index is 3.04. The average molecular weight is 186 g/mol. The quantitative estimate of drug-likeness (QED) is 0.764. The van der Waals surface area contributed by atoms with Gasteiger partial charge in [-0.3, -0.25) is 4.68 Å². The van der Waals surface area contributed by atoms with Gasteiger partial charge in [-0.05, 0) is 6.26 Å². The summed E-state index contributed by atoms with van der Waals surface area (Å²) in [6, 6.07) is 0. The van der Waals surface area contributed by atoms with Crippen molar-refractivity contribution in [3.8, 4) is 0 Å². The number of thioether (sulfide) groups is 1. The van der Waals surface area contributed by atoms with Crippen LogP contribution >= 0.6 is 11.8 Å². The van der Waals surface area contributed by atoms with E-state index in [0.717, 1.165) is 5.56 Å². The summed E-state index contributed by atoms with van der Waals surface area (Å²) in [4.78, 5) is 10.7. The molecule has 0 aliphatic carbocycles. The van der Waals surface area contributed by atoms with Crippen molar-refractivity contribution < 1.29 is 9.90 Å². The first kappa shape index (κ1) is 9.12. The van der Waals surface area contributed by atoms with E-state index in [4.69, 9.17) is 5.11 Å². The minimum Gasteiger partial charge on any atom is -0.477 e. The molecule has 1 N–H and O–H groups in total. The summed E-state index contributed by atoms with van der Waals surface area (Å²) in [5.41, 5.74) is 1.06. The van der Waals surface area contributed by atoms with E-state index in [1.165, 1.54) is 4.68 Å². The summed E-state index contributed by atoms with van der Waals surface area (Å²) >= 11 is 1.58. The molecule has 0 bridgehead atoms. The largest absolute Gasteiger partial charge is 0.477 e. The van der Waals surface area contributed by atoms with Gasteiger partial charge in [0.05, 0.1) is 6.20 Å². The molecule has 0 aliphatic rings. The summed E-state index contributed by atoms with van der Waals surface area (Å²) in [6.07, 6.45) is 3.53. The average Bonchev–Trinajstić information content (AvgIpc) is 2.32. The van der Waals surface area contributed by atoms with E-state index < -0.39 is 5.97 Å². The molecule has 4 nitrogen and oxygen atoms in total. The zero-order valence-corrected chi connectivity index (χ0v) is 7.76. The molecule has 0 saturated heterocycles. The molecule has 1 aromatic rings. The maximum absolute atomic E-state index is 10.7. The molecule has 0 aromatic carbocycles. The van der Waals surface area contributed by atoms with Gasteiger partial charge < -0.3 is 5.11 Å². The Kier molecular flexibility index (Phi) is 2.75. The van der Waals surface area contributed by atoms with Crippen LogP contribution in [0.4, 0.5) is 0 Å². The third kappa shape index (κ3) is 1.61. The number of nitrogens with zero attached hydrogens (tertiary/aromatic N) is 2. The third-order valence-corrected chi connectivity index (χ3v) is 2.12. The van der Waals surface area contributed by atoms with Crippen molar-refractivity contribution >= 4 is 17.7 Å². The lowest BCUT2D eigenvalue weighted by Gasteiger charge is -1.98. The van der Waals surface area contributed by atoms with Crippen molar-refractivity contribution in [2.45, 2.75) is 5.75 Å². The Morgan fingerprint density at radius 2 is 2.50 bits per heavy atom. The van der Waals surface area contributed by atoms with E-state index in [2.05, 4.69) is 5.10 Å². The molecule has 0 amide bonds. The molecular weight excluding hydrogens is 176 g/mol. The maximum Gasteiger partial charge on any atom is 0.354 e. The number of aromatic nitrogens is 2. The third-order valence-electron chi connectivity index (χ3n) is 1.52. The van der Waals surface area contributed by atoms with Gasteiger partial charge in [-0.25, -0.2) is 4.79 Å². The summed E-state index contributed by atoms with van der Waals surface area (Å²) in [5.74, 6) is -0.228. The predicted octanol–water partition coefficient (Wildman–Crippen LogP) is 0.981. The Morgan fingerprint density at radius 1 is 1.83 bits per heavy atom. The van der Waals surface area contributed by atoms with Gasteiger partial charge in [-0.1, -0.05) is 0 Å². The standard InChI is InChI=1S/C7H10N2O2S/c1-9-6(7(10)11)5(3-8-9)4-12-2/h3H,4H2,1-2H3,(H,10,11). The van der Waals surface area contributed by atoms with Crippen molar-refractivity contribution in [1.29, 1.82) is 0 Å². The van der Waals surface area contributed by atoms with Gasteiger partial charge in [0.25, 0.3) is 0 Å². The van der Waals surface area contributed by atoms with Crippen LogP contribution < -0.4 is 0 Å². The summed E-state index contributed by atoms with van der Waals surface area (Å²) in [6.45, 7) is 0. The van der Waals surface area contributed by atoms with Crippen molar-refractivity contribution in [2.75, 3.05) is 6.26 Å². The van der Waals surface area contributed by atoms with Crippen LogP contribution in [0, 0.1) is 0 Å². The number of carbonyl (C=O) groups is 1. The van der Waals surface area contributed by atoms with Gasteiger partial charge in [0.2, 0.25) is 0 Å². The molecule has 5 heteroatoms. The highest BCUT2D eigenvalue weighted by Gasteiger charge is 2.14. The molecule has 12 heavy (non-hydrogen) atoms. The molecule has 0 unspecified atom stereocenters. The lowest BCUT2D eigenvalue weighted by Crippen LogP contribution is -2.07. The molecule has 1 aromatic heterocycles. The molecule has 0 spiro atoms. The fourth-order valence-corrected chi connectivity index (χ4v) is 1.54. The zero-order chi connectivity index (χ0) is 9.14. The molecule has 0 fully saturated rings. The van der Waals surface area contributed by atoms with Crippen molar-refractivity contribution in [2.24, 2.45) is 7.05 Å². The second-order valence-corrected chi connectivity index (χ2v) is 3.25. The Labute approximate surface area is 74.6 Å². The highest BCUT2D eigenvalue weighted by atomic mass is 32.2. The Morgan fingerprint density at radius 3 is 3.00 bits per heavy atom. The molecule has 0 radical (unpaired) electrons. The number of aryl methyl sites for hydroxylation is 1. The normalized spacial score (nSPS) is 10.2. The van der Waals surface area contributed by atoms with Crippen LogP contribution in [0.25, 0.3) is 0 Å². The first-order valence-corrected chi connectivity index (χ1v) is 4.79. The molecule has 0 saturated carbocycles. The Hall–Kier alpha value is -0.970. The fraction of sp³-hybridized carbons (Fsp3) is 0.429. The van der Waals surface area contributed by atoms with Gasteiger partial charge in [0.1, 0.15) is 5.69 Å². The van der Waals surface area contributed by atoms with E-state index in [1.807, 2.05) is 6.26 Å². The number of hydrogen-bond donors (Lipinski definition) is 1. The highest BCUT2D eigenvalue weighted by Crippen LogP contribution is 2.13. The molecule has 66 valence electrons. The van der Waals surface area contributed by atoms with Gasteiger partial charge in [-0.15, -0.1) is 0 Å². The lowest BCUT2D eigenvalue weighted by molar-refractivity contribution is 0.0684. The summed E-state index contributed by atoms with van der Waals surface area (Å²) in [7, 11) is 1.63. The monoisotopic (exact) mass is 186 g/mol. The molecule has 1 heterocycles. The number of carboxylic acid groups (broad SMARTS) is 1. The van der Waals surface area contributed by atoms with E-state index in [9.17, 15) is 4.79 Å². The fourth-order valence-electron chi connectivity index (χ4n) is 1.02. The number of carboxylic acids is 1. The lowest BCUT2D eigenvalue weighted by atomic mass is 10.3. The first-order chi connectivity index (χ1) is 5.66. The first-order valence-electron chi connectivity index (χ1n) is 3.40. The van der Waals surface area contributed by atoms with Crippen LogP contribution in [0.5, 0.6) is 0 Å². The minimum absolute atomic E-state index is 0.282. The van der Waals surface area contributed by atoms with Crippen molar-refractivity contribution in [1.82, 2.24) is 9.78 Å². The predicted molar refractivity (Wildman–Crippen MR) is 47.4 cm³/mol. The van der Waals surface area contributed by atoms with E-state index in [1.54, 1.807) is 25.0 Å². The van der Waals surface area contributed by atoms with Crippen molar-refractivity contribution in [3.63, 3.8) is 0 Å². The van der Waals surface area contributed by atoms with Gasteiger partial charge in [0, 0.05) is 18.4 Å². The van der Waals surface area contributed by atoms with Crippen LogP contribution in [0.15, 0.2) is 6.20 Å². The summed E-state index contributed by atoms with van der Waals surface area (Å²) in [5, 5.41) is 12.7. The second-order valence-electron chi connectivity index (χ2n) is 2.38. The molecular formula is C7H10N2O2S. The van der Waals surface area contributed by atoms with Crippen molar-refractivity contribution in [3.05, 3.63) is 17.5 Å². The van der Waals surface area contributed by atoms with Gasteiger partial charge in [0.15, 0.2) is 0 Å². The van der Waals surface area contributed by atoms with Crippen LogP contribution in [0.2, 0.25) is 0 Å². The Bertz CT molecular complexity index is 296. The molecule has 0 atom stereocenters. The highest BCUT2D eigenvalue weighted by molar-refractivity contribution is 7.97. The number of aromatic carboxylic acids is 1. The minimum atomic E-state index is -0.918. The summed E-state index contributed by atoms with van der Waals surface area (Å²) < 4.78 is 1.38. The maximum atomic E-state index is 10.7. The van der Waals surface area contributed by atoms with E-state index in [-0.39, 0.29) is 5.69 Å². The molecule has 0 aliphatic heterocycles. The van der Waals surface area contributed by atoms with Gasteiger partial charge >= 0.3 is 5.97 Å². The van der Waals surface area contributed by atoms with E-state index >= 15 is 0 Å². The second kappa shape index (κ2) is 3.62.